The van der Waals surface area contributed by atoms with E-state index in [-0.39, 0.29) is 47.4 Å². The molecule has 11 nitrogen and oxygen atoms in total. The van der Waals surface area contributed by atoms with Gasteiger partial charge < -0.3 is 19.2 Å². The van der Waals surface area contributed by atoms with Gasteiger partial charge in [-0.1, -0.05) is 35.9 Å². The maximum atomic E-state index is 12.9. The summed E-state index contributed by atoms with van der Waals surface area (Å²) in [6.45, 7) is -0.237. The minimum Gasteiger partial charge on any atom is -0.482 e. The maximum absolute atomic E-state index is 12.9. The number of urea groups is 1. The molecule has 0 saturated carbocycles. The molecule has 1 aliphatic rings. The normalized spacial score (nSPS) is 14.2. The molecule has 184 valence electrons. The van der Waals surface area contributed by atoms with Crippen molar-refractivity contribution in [3.63, 3.8) is 0 Å². The summed E-state index contributed by atoms with van der Waals surface area (Å²) in [5.74, 6) is -1.35. The number of halogens is 1. The minimum atomic E-state index is -0.726. The van der Waals surface area contributed by atoms with Crippen LogP contribution in [-0.2, 0) is 22.7 Å². The molecule has 3 aromatic rings. The molecule has 1 fully saturated rings. The zero-order valence-corrected chi connectivity index (χ0v) is 19.5. The molecule has 0 aliphatic carbocycles. The zero-order chi connectivity index (χ0) is 25.8. The second kappa shape index (κ2) is 10.3. The Morgan fingerprint density at radius 1 is 1.17 bits per heavy atom. The van der Waals surface area contributed by atoms with E-state index in [9.17, 15) is 24.5 Å². The average Bonchev–Trinajstić information content (AvgIpc) is 3.44. The van der Waals surface area contributed by atoms with E-state index in [1.165, 1.54) is 43.5 Å². The highest BCUT2D eigenvalue weighted by atomic mass is 35.5. The summed E-state index contributed by atoms with van der Waals surface area (Å²) in [5, 5.41) is 14.6. The number of nitrogens with zero attached hydrogens (tertiary/aromatic N) is 2. The summed E-state index contributed by atoms with van der Waals surface area (Å²) in [7, 11) is 1.19. The molecule has 0 bridgehead atoms. The molecule has 0 spiro atoms. The number of methoxy groups -OCH3 is 1. The van der Waals surface area contributed by atoms with Crippen LogP contribution in [0.1, 0.15) is 27.4 Å². The van der Waals surface area contributed by atoms with Gasteiger partial charge in [-0.15, -0.1) is 0 Å². The maximum Gasteiger partial charge on any atom is 0.373 e. The first kappa shape index (κ1) is 24.5. The van der Waals surface area contributed by atoms with Crippen LogP contribution in [0.25, 0.3) is 6.08 Å². The number of rotatable bonds is 8. The van der Waals surface area contributed by atoms with E-state index in [0.717, 1.165) is 10.5 Å². The highest BCUT2D eigenvalue weighted by Gasteiger charge is 2.35. The molecular formula is C24H18ClN3O8. The Balaban J connectivity index is 1.58. The molecule has 3 amide bonds. The van der Waals surface area contributed by atoms with Gasteiger partial charge in [0.05, 0.1) is 18.6 Å². The van der Waals surface area contributed by atoms with E-state index in [4.69, 9.17) is 20.8 Å². The minimum absolute atomic E-state index is 0.00560. The number of nitro groups is 1. The van der Waals surface area contributed by atoms with E-state index in [1.807, 2.05) is 0 Å². The molecule has 12 heteroatoms. The Morgan fingerprint density at radius 3 is 2.61 bits per heavy atom. The first-order valence-electron chi connectivity index (χ1n) is 10.4. The first-order valence-corrected chi connectivity index (χ1v) is 10.8. The summed E-state index contributed by atoms with van der Waals surface area (Å²) < 4.78 is 15.6. The van der Waals surface area contributed by atoms with Gasteiger partial charge in [-0.05, 0) is 35.9 Å². The Bertz CT molecular complexity index is 1380. The SMILES string of the molecule is COC(=O)c1ccc(CN2C(=O)N/C(=C\c3cccc([N+](=O)[O-])c3OCc3ccc(Cl)cc3)C2=O)o1. The second-order valence-corrected chi connectivity index (χ2v) is 7.94. The third-order valence-corrected chi connectivity index (χ3v) is 5.39. The topological polar surface area (TPSA) is 141 Å². The van der Waals surface area contributed by atoms with Crippen LogP contribution in [0, 0.1) is 10.1 Å². The number of furan rings is 1. The van der Waals surface area contributed by atoms with Gasteiger partial charge in [0, 0.05) is 16.7 Å². The number of hydrogen-bond donors (Lipinski definition) is 1. The molecule has 4 rings (SSSR count). The van der Waals surface area contributed by atoms with Crippen LogP contribution >= 0.6 is 11.6 Å². The monoisotopic (exact) mass is 511 g/mol. The van der Waals surface area contributed by atoms with Gasteiger partial charge in [-0.2, -0.15) is 0 Å². The first-order chi connectivity index (χ1) is 17.3. The van der Waals surface area contributed by atoms with Gasteiger partial charge in [0.15, 0.2) is 0 Å². The number of esters is 1. The number of imide groups is 1. The van der Waals surface area contributed by atoms with Gasteiger partial charge >= 0.3 is 17.7 Å². The lowest BCUT2D eigenvalue weighted by atomic mass is 10.1. The third-order valence-electron chi connectivity index (χ3n) is 5.14. The van der Waals surface area contributed by atoms with Gasteiger partial charge in [-0.3, -0.25) is 19.8 Å². The number of ether oxygens (including phenoxy) is 2. The predicted octanol–water partition coefficient (Wildman–Crippen LogP) is 4.30. The summed E-state index contributed by atoms with van der Waals surface area (Å²) in [5.41, 5.74) is 0.515. The quantitative estimate of drug-likeness (QED) is 0.155. The Kier molecular flexibility index (Phi) is 7.02. The summed E-state index contributed by atoms with van der Waals surface area (Å²) in [6, 6.07) is 13.1. The highest BCUT2D eigenvalue weighted by Crippen LogP contribution is 2.34. The number of hydrogen-bond acceptors (Lipinski definition) is 8. The standard InChI is InChI=1S/C24H18ClN3O8/c1-34-23(30)20-10-9-17(36-20)12-27-22(29)18(26-24(27)31)11-15-3-2-4-19(28(32)33)21(15)35-13-14-5-7-16(25)8-6-14/h2-11H,12-13H2,1H3,(H,26,31)/b18-11-. The van der Waals surface area contributed by atoms with Crippen molar-refractivity contribution >= 4 is 41.3 Å². The Morgan fingerprint density at radius 2 is 1.92 bits per heavy atom. The summed E-state index contributed by atoms with van der Waals surface area (Å²) in [4.78, 5) is 48.8. The van der Waals surface area contributed by atoms with Crippen LogP contribution in [0.5, 0.6) is 5.75 Å². The second-order valence-electron chi connectivity index (χ2n) is 7.50. The molecule has 1 aromatic heterocycles. The lowest BCUT2D eigenvalue weighted by molar-refractivity contribution is -0.386. The molecule has 1 N–H and O–H groups in total. The fourth-order valence-corrected chi connectivity index (χ4v) is 3.52. The number of nitro benzene ring substituents is 1. The molecule has 2 aromatic carbocycles. The number of para-hydroxylation sites is 1. The lowest BCUT2D eigenvalue weighted by Gasteiger charge is -2.11. The molecule has 2 heterocycles. The number of amides is 3. The molecule has 1 saturated heterocycles. The Labute approximate surface area is 209 Å². The van der Waals surface area contributed by atoms with Crippen LogP contribution in [0.3, 0.4) is 0 Å². The number of benzene rings is 2. The summed E-state index contributed by atoms with van der Waals surface area (Å²) >= 11 is 5.89. The van der Waals surface area contributed by atoms with E-state index >= 15 is 0 Å². The van der Waals surface area contributed by atoms with Crippen LogP contribution in [-0.4, -0.2) is 34.8 Å². The average molecular weight is 512 g/mol. The van der Waals surface area contributed by atoms with Crippen LogP contribution in [0.15, 0.2) is 64.7 Å². The van der Waals surface area contributed by atoms with Crippen molar-refractivity contribution in [3.8, 4) is 5.75 Å². The van der Waals surface area contributed by atoms with E-state index in [1.54, 1.807) is 24.3 Å². The van der Waals surface area contributed by atoms with Crippen molar-refractivity contribution in [2.75, 3.05) is 7.11 Å². The molecule has 0 radical (unpaired) electrons. The van der Waals surface area contributed by atoms with Gasteiger partial charge in [0.25, 0.3) is 5.91 Å². The van der Waals surface area contributed by atoms with E-state index in [2.05, 4.69) is 10.1 Å². The lowest BCUT2D eigenvalue weighted by Crippen LogP contribution is -2.30. The fraction of sp³-hybridized carbons (Fsp3) is 0.125. The molecule has 36 heavy (non-hydrogen) atoms. The molecular weight excluding hydrogens is 494 g/mol. The van der Waals surface area contributed by atoms with E-state index in [0.29, 0.717) is 5.02 Å². The van der Waals surface area contributed by atoms with Crippen molar-refractivity contribution < 1.29 is 33.2 Å². The molecule has 0 unspecified atom stereocenters. The van der Waals surface area contributed by atoms with Crippen molar-refractivity contribution in [2.45, 2.75) is 13.2 Å². The van der Waals surface area contributed by atoms with Crippen LogP contribution in [0.4, 0.5) is 10.5 Å². The zero-order valence-electron chi connectivity index (χ0n) is 18.7. The number of nitrogens with one attached hydrogen (secondary N) is 1. The molecule has 1 aliphatic heterocycles. The fourth-order valence-electron chi connectivity index (χ4n) is 3.39. The molecule has 0 atom stereocenters. The Hall–Kier alpha value is -4.64. The van der Waals surface area contributed by atoms with Crippen molar-refractivity contribution in [3.05, 3.63) is 98.1 Å². The smallest absolute Gasteiger partial charge is 0.373 e. The summed E-state index contributed by atoms with van der Waals surface area (Å²) in [6.07, 6.45) is 1.30. The third kappa shape index (κ3) is 5.20. The van der Waals surface area contributed by atoms with Gasteiger partial charge in [-0.25, -0.2) is 9.59 Å². The predicted molar refractivity (Wildman–Crippen MR) is 126 cm³/mol. The number of carbonyl (C=O) groups is 3. The van der Waals surface area contributed by atoms with Crippen LogP contribution < -0.4 is 10.1 Å². The van der Waals surface area contributed by atoms with Crippen molar-refractivity contribution in [1.82, 2.24) is 10.2 Å². The van der Waals surface area contributed by atoms with Gasteiger partial charge in [0.1, 0.15) is 18.1 Å². The van der Waals surface area contributed by atoms with Crippen molar-refractivity contribution in [1.29, 1.82) is 0 Å². The van der Waals surface area contributed by atoms with Gasteiger partial charge in [0.2, 0.25) is 11.5 Å². The van der Waals surface area contributed by atoms with E-state index < -0.39 is 22.8 Å². The van der Waals surface area contributed by atoms with Crippen LogP contribution in [0.2, 0.25) is 5.02 Å². The highest BCUT2D eigenvalue weighted by molar-refractivity contribution is 6.30. The van der Waals surface area contributed by atoms with Crippen molar-refractivity contribution in [2.24, 2.45) is 0 Å². The number of carbonyl (C=O) groups excluding carboxylic acids is 3. The largest absolute Gasteiger partial charge is 0.482 e.